The van der Waals surface area contributed by atoms with E-state index in [0.29, 0.717) is 37.6 Å². The van der Waals surface area contributed by atoms with E-state index in [4.69, 9.17) is 15.2 Å². The molecule has 148 valence electrons. The van der Waals surface area contributed by atoms with E-state index in [1.807, 2.05) is 18.2 Å². The number of ether oxygens (including phenoxy) is 2. The Balaban J connectivity index is 1.65. The lowest BCUT2D eigenvalue weighted by molar-refractivity contribution is -0.937. The fraction of sp³-hybridized carbons (Fsp3) is 0.579. The molecule has 2 heterocycles. The SMILES string of the molecule is Cn1nc(OCCC[N+]2(CC(O)CN)CCOCC2)c2ccccc2c1=O. The molecule has 1 aromatic carbocycles. The van der Waals surface area contributed by atoms with Crippen molar-refractivity contribution in [3.05, 3.63) is 34.6 Å². The van der Waals surface area contributed by atoms with Gasteiger partial charge in [0, 0.05) is 20.0 Å². The molecule has 0 aliphatic carbocycles. The molecule has 0 amide bonds. The summed E-state index contributed by atoms with van der Waals surface area (Å²) in [5.41, 5.74) is 5.47. The van der Waals surface area contributed by atoms with Crippen molar-refractivity contribution in [1.82, 2.24) is 9.78 Å². The van der Waals surface area contributed by atoms with Crippen molar-refractivity contribution in [2.75, 3.05) is 52.5 Å². The number of aliphatic hydroxyl groups excluding tert-OH is 1. The maximum Gasteiger partial charge on any atom is 0.274 e. The van der Waals surface area contributed by atoms with Gasteiger partial charge in [-0.25, -0.2) is 4.68 Å². The molecule has 1 saturated heterocycles. The largest absolute Gasteiger partial charge is 0.476 e. The molecule has 1 unspecified atom stereocenters. The van der Waals surface area contributed by atoms with Crippen LogP contribution in [0.15, 0.2) is 29.1 Å². The molecule has 1 fully saturated rings. The van der Waals surface area contributed by atoms with Crippen molar-refractivity contribution in [2.24, 2.45) is 12.8 Å². The Morgan fingerprint density at radius 2 is 2.04 bits per heavy atom. The number of morpholine rings is 1. The molecule has 0 spiro atoms. The van der Waals surface area contributed by atoms with Gasteiger partial charge in [-0.3, -0.25) is 4.79 Å². The van der Waals surface area contributed by atoms with Gasteiger partial charge in [0.25, 0.3) is 5.56 Å². The summed E-state index contributed by atoms with van der Waals surface area (Å²) in [5.74, 6) is 0.475. The molecule has 1 aliphatic rings. The maximum absolute atomic E-state index is 12.2. The first-order valence-corrected chi connectivity index (χ1v) is 9.44. The average Bonchev–Trinajstić information content (AvgIpc) is 2.69. The zero-order valence-electron chi connectivity index (χ0n) is 15.8. The van der Waals surface area contributed by atoms with Crippen LogP contribution in [0.1, 0.15) is 6.42 Å². The second-order valence-electron chi connectivity index (χ2n) is 7.18. The highest BCUT2D eigenvalue weighted by Crippen LogP contribution is 2.20. The molecular formula is C19H29N4O4+. The quantitative estimate of drug-likeness (QED) is 0.491. The van der Waals surface area contributed by atoms with Crippen molar-refractivity contribution < 1.29 is 19.1 Å². The van der Waals surface area contributed by atoms with Crippen molar-refractivity contribution in [3.63, 3.8) is 0 Å². The molecule has 3 N–H and O–H groups in total. The number of benzene rings is 1. The summed E-state index contributed by atoms with van der Waals surface area (Å²) in [5, 5.41) is 15.6. The second kappa shape index (κ2) is 8.79. The average molecular weight is 377 g/mol. The summed E-state index contributed by atoms with van der Waals surface area (Å²) in [6, 6.07) is 7.35. The molecular weight excluding hydrogens is 348 g/mol. The number of nitrogens with zero attached hydrogens (tertiary/aromatic N) is 3. The van der Waals surface area contributed by atoms with Crippen molar-refractivity contribution >= 4 is 10.8 Å². The number of fused-ring (bicyclic) bond motifs is 1. The van der Waals surface area contributed by atoms with Crippen LogP contribution >= 0.6 is 0 Å². The Bertz CT molecular complexity index is 817. The summed E-state index contributed by atoms with van der Waals surface area (Å²) in [7, 11) is 1.63. The summed E-state index contributed by atoms with van der Waals surface area (Å²) >= 11 is 0. The van der Waals surface area contributed by atoms with Gasteiger partial charge in [-0.05, 0) is 12.1 Å². The van der Waals surface area contributed by atoms with Gasteiger partial charge in [0.05, 0.1) is 37.1 Å². The molecule has 3 rings (SSSR count). The molecule has 1 aliphatic heterocycles. The van der Waals surface area contributed by atoms with Crippen LogP contribution in [0.25, 0.3) is 10.8 Å². The maximum atomic E-state index is 12.2. The third-order valence-corrected chi connectivity index (χ3v) is 5.23. The van der Waals surface area contributed by atoms with E-state index < -0.39 is 6.10 Å². The molecule has 2 aromatic rings. The molecule has 1 aromatic heterocycles. The standard InChI is InChI=1S/C19H29N4O4/c1-22-19(25)17-6-3-2-5-16(17)18(21-22)27-10-4-7-23(14-15(24)13-20)8-11-26-12-9-23/h2-3,5-6,15,24H,4,7-14,20H2,1H3/q+1. The van der Waals surface area contributed by atoms with Gasteiger partial charge in [-0.1, -0.05) is 12.1 Å². The molecule has 8 heteroatoms. The number of quaternary nitrogens is 1. The normalized spacial score (nSPS) is 17.7. The van der Waals surface area contributed by atoms with E-state index in [9.17, 15) is 9.90 Å². The highest BCUT2D eigenvalue weighted by atomic mass is 16.5. The van der Waals surface area contributed by atoms with Crippen LogP contribution in [0.2, 0.25) is 0 Å². The minimum absolute atomic E-state index is 0.133. The monoisotopic (exact) mass is 377 g/mol. The first-order valence-electron chi connectivity index (χ1n) is 9.44. The predicted octanol–water partition coefficient (Wildman–Crippen LogP) is -0.131. The molecule has 27 heavy (non-hydrogen) atoms. The summed E-state index contributed by atoms with van der Waals surface area (Å²) < 4.78 is 13.5. The van der Waals surface area contributed by atoms with Gasteiger partial charge in [0.15, 0.2) is 0 Å². The van der Waals surface area contributed by atoms with Gasteiger partial charge < -0.3 is 24.8 Å². The van der Waals surface area contributed by atoms with Gasteiger partial charge in [-0.2, -0.15) is 0 Å². The number of hydrogen-bond donors (Lipinski definition) is 2. The molecule has 1 atom stereocenters. The minimum atomic E-state index is -0.502. The Morgan fingerprint density at radius 1 is 1.33 bits per heavy atom. The number of hydrogen-bond acceptors (Lipinski definition) is 6. The Kier molecular flexibility index (Phi) is 6.43. The van der Waals surface area contributed by atoms with Crippen LogP contribution in [0.4, 0.5) is 0 Å². The Labute approximate surface area is 158 Å². The molecule has 0 saturated carbocycles. The highest BCUT2D eigenvalue weighted by Gasteiger charge is 2.32. The van der Waals surface area contributed by atoms with E-state index in [-0.39, 0.29) is 12.1 Å². The number of aliphatic hydroxyl groups is 1. The number of aryl methyl sites for hydroxylation is 1. The fourth-order valence-electron chi connectivity index (χ4n) is 3.69. The Hall–Kier alpha value is -2.00. The fourth-order valence-corrected chi connectivity index (χ4v) is 3.69. The van der Waals surface area contributed by atoms with Crippen LogP contribution in [-0.4, -0.2) is 78.0 Å². The van der Waals surface area contributed by atoms with Gasteiger partial charge in [0.1, 0.15) is 25.7 Å². The third-order valence-electron chi connectivity index (χ3n) is 5.23. The predicted molar refractivity (Wildman–Crippen MR) is 103 cm³/mol. The molecule has 0 bridgehead atoms. The van der Waals surface area contributed by atoms with E-state index in [1.165, 1.54) is 4.68 Å². The van der Waals surface area contributed by atoms with Crippen LogP contribution in [-0.2, 0) is 11.8 Å². The third kappa shape index (κ3) is 4.65. The summed E-state index contributed by atoms with van der Waals surface area (Å²) in [6.45, 7) is 5.43. The van der Waals surface area contributed by atoms with E-state index in [0.717, 1.165) is 35.9 Å². The number of aromatic nitrogens is 2. The van der Waals surface area contributed by atoms with Crippen LogP contribution in [0.5, 0.6) is 5.88 Å². The van der Waals surface area contributed by atoms with Gasteiger partial charge >= 0.3 is 0 Å². The number of nitrogens with two attached hydrogens (primary N) is 1. The van der Waals surface area contributed by atoms with Crippen molar-refractivity contribution in [3.8, 4) is 5.88 Å². The lowest BCUT2D eigenvalue weighted by Gasteiger charge is -2.42. The zero-order chi connectivity index (χ0) is 19.3. The minimum Gasteiger partial charge on any atom is -0.476 e. The molecule has 0 radical (unpaired) electrons. The summed E-state index contributed by atoms with van der Waals surface area (Å²) in [6.07, 6.45) is 0.314. The van der Waals surface area contributed by atoms with E-state index >= 15 is 0 Å². The summed E-state index contributed by atoms with van der Waals surface area (Å²) in [4.78, 5) is 12.2. The van der Waals surface area contributed by atoms with Crippen LogP contribution in [0, 0.1) is 0 Å². The first-order chi connectivity index (χ1) is 13.0. The van der Waals surface area contributed by atoms with E-state index in [2.05, 4.69) is 5.10 Å². The van der Waals surface area contributed by atoms with E-state index in [1.54, 1.807) is 13.1 Å². The van der Waals surface area contributed by atoms with Crippen LogP contribution in [0.3, 0.4) is 0 Å². The topological polar surface area (TPSA) is 99.6 Å². The Morgan fingerprint density at radius 3 is 2.74 bits per heavy atom. The highest BCUT2D eigenvalue weighted by molar-refractivity contribution is 5.85. The second-order valence-corrected chi connectivity index (χ2v) is 7.18. The molecule has 8 nitrogen and oxygen atoms in total. The van der Waals surface area contributed by atoms with Crippen LogP contribution < -0.4 is 16.0 Å². The number of rotatable bonds is 8. The van der Waals surface area contributed by atoms with Gasteiger partial charge in [-0.15, -0.1) is 5.10 Å². The lowest BCUT2D eigenvalue weighted by atomic mass is 10.2. The smallest absolute Gasteiger partial charge is 0.274 e. The van der Waals surface area contributed by atoms with Gasteiger partial charge in [0.2, 0.25) is 5.88 Å². The zero-order valence-corrected chi connectivity index (χ0v) is 15.8. The first kappa shape index (κ1) is 19.8. The van der Waals surface area contributed by atoms with Crippen molar-refractivity contribution in [2.45, 2.75) is 12.5 Å². The van der Waals surface area contributed by atoms with Crippen molar-refractivity contribution in [1.29, 1.82) is 0 Å². The lowest BCUT2D eigenvalue weighted by Crippen LogP contribution is -2.59.